The fourth-order valence-electron chi connectivity index (χ4n) is 2.52. The number of aromatic nitrogens is 1. The first kappa shape index (κ1) is 16.7. The molecule has 1 aliphatic heterocycles. The number of hydrogen-bond acceptors (Lipinski definition) is 3. The normalized spacial score (nSPS) is 16.4. The van der Waals surface area contributed by atoms with E-state index in [0.717, 1.165) is 26.6 Å². The molecule has 0 N–H and O–H groups in total. The van der Waals surface area contributed by atoms with Crippen molar-refractivity contribution in [3.05, 3.63) is 29.6 Å². The first-order valence-electron chi connectivity index (χ1n) is 7.29. The number of hydrogen-bond donors (Lipinski definition) is 0. The Balaban J connectivity index is 1.97. The van der Waals surface area contributed by atoms with Gasteiger partial charge in [0.15, 0.2) is 0 Å². The van der Waals surface area contributed by atoms with Gasteiger partial charge >= 0.3 is 6.18 Å². The van der Waals surface area contributed by atoms with Crippen LogP contribution in [-0.2, 0) is 6.54 Å². The van der Waals surface area contributed by atoms with Gasteiger partial charge in [-0.2, -0.15) is 13.2 Å². The molecular weight excluding hydrogens is 295 g/mol. The van der Waals surface area contributed by atoms with Crippen LogP contribution < -0.4 is 0 Å². The zero-order valence-corrected chi connectivity index (χ0v) is 12.7. The minimum atomic E-state index is -4.41. The molecule has 2 heterocycles. The minimum absolute atomic E-state index is 0.0526. The maximum absolute atomic E-state index is 12.3. The van der Waals surface area contributed by atoms with Gasteiger partial charge in [-0.1, -0.05) is 19.4 Å². The van der Waals surface area contributed by atoms with Gasteiger partial charge in [0.05, 0.1) is 5.69 Å². The lowest BCUT2D eigenvalue weighted by molar-refractivity contribution is -0.138. The Kier molecular flexibility index (Phi) is 5.05. The summed E-state index contributed by atoms with van der Waals surface area (Å²) in [6, 6.07) is 4.90. The lowest BCUT2D eigenvalue weighted by Crippen LogP contribution is -2.45. The van der Waals surface area contributed by atoms with E-state index in [1.807, 2.05) is 0 Å². The van der Waals surface area contributed by atoms with Crippen molar-refractivity contribution in [2.24, 2.45) is 5.92 Å². The molecule has 7 heteroatoms. The van der Waals surface area contributed by atoms with Gasteiger partial charge in [0.25, 0.3) is 5.91 Å². The van der Waals surface area contributed by atoms with Crippen LogP contribution in [0.2, 0.25) is 0 Å². The van der Waals surface area contributed by atoms with Gasteiger partial charge in [-0.3, -0.25) is 9.69 Å². The summed E-state index contributed by atoms with van der Waals surface area (Å²) < 4.78 is 37.0. The van der Waals surface area contributed by atoms with Crippen LogP contribution in [0.15, 0.2) is 18.2 Å². The zero-order valence-electron chi connectivity index (χ0n) is 12.7. The third-order valence-electron chi connectivity index (χ3n) is 3.78. The van der Waals surface area contributed by atoms with Gasteiger partial charge in [-0.25, -0.2) is 4.98 Å². The van der Waals surface area contributed by atoms with E-state index >= 15 is 0 Å². The SMILES string of the molecule is CCC1CN(Cc2cccc(C(=O)N(C)CC(F)(F)F)n2)C1. The molecule has 1 aromatic heterocycles. The molecule has 22 heavy (non-hydrogen) atoms. The predicted molar refractivity (Wildman–Crippen MR) is 76.3 cm³/mol. The van der Waals surface area contributed by atoms with Gasteiger partial charge in [-0.05, 0) is 18.1 Å². The van der Waals surface area contributed by atoms with Crippen LogP contribution >= 0.6 is 0 Å². The first-order chi connectivity index (χ1) is 10.3. The van der Waals surface area contributed by atoms with Gasteiger partial charge < -0.3 is 4.90 Å². The number of nitrogens with zero attached hydrogens (tertiary/aromatic N) is 3. The summed E-state index contributed by atoms with van der Waals surface area (Å²) in [5, 5.41) is 0. The van der Waals surface area contributed by atoms with Gasteiger partial charge in [-0.15, -0.1) is 0 Å². The van der Waals surface area contributed by atoms with Crippen molar-refractivity contribution in [3.8, 4) is 0 Å². The van der Waals surface area contributed by atoms with Gasteiger partial charge in [0.1, 0.15) is 12.2 Å². The third-order valence-corrected chi connectivity index (χ3v) is 3.78. The summed E-state index contributed by atoms with van der Waals surface area (Å²) >= 11 is 0. The highest BCUT2D eigenvalue weighted by molar-refractivity contribution is 5.92. The predicted octanol–water partition coefficient (Wildman–Crippen LogP) is 2.56. The van der Waals surface area contributed by atoms with E-state index in [2.05, 4.69) is 16.8 Å². The Morgan fingerprint density at radius 2 is 2.09 bits per heavy atom. The second-order valence-electron chi connectivity index (χ2n) is 5.76. The number of amides is 1. The summed E-state index contributed by atoms with van der Waals surface area (Å²) in [7, 11) is 1.13. The molecule has 0 unspecified atom stereocenters. The molecule has 0 spiro atoms. The van der Waals surface area contributed by atoms with Crippen LogP contribution in [0.3, 0.4) is 0 Å². The Hall–Kier alpha value is -1.63. The molecule has 1 saturated heterocycles. The fraction of sp³-hybridized carbons (Fsp3) is 0.600. The van der Waals surface area contributed by atoms with Crippen LogP contribution in [0.4, 0.5) is 13.2 Å². The van der Waals surface area contributed by atoms with E-state index in [4.69, 9.17) is 0 Å². The number of pyridine rings is 1. The molecule has 122 valence electrons. The van der Waals surface area contributed by atoms with Crippen LogP contribution in [0.25, 0.3) is 0 Å². The largest absolute Gasteiger partial charge is 0.406 e. The number of alkyl halides is 3. The maximum atomic E-state index is 12.3. The number of carbonyl (C=O) groups excluding carboxylic acids is 1. The Bertz CT molecular complexity index is 527. The van der Waals surface area contributed by atoms with Crippen LogP contribution in [-0.4, -0.2) is 53.5 Å². The zero-order chi connectivity index (χ0) is 16.3. The quantitative estimate of drug-likeness (QED) is 0.838. The summed E-state index contributed by atoms with van der Waals surface area (Å²) in [6.07, 6.45) is -3.26. The van der Waals surface area contributed by atoms with Crippen LogP contribution in [0.1, 0.15) is 29.5 Å². The van der Waals surface area contributed by atoms with Gasteiger partial charge in [0.2, 0.25) is 0 Å². The van der Waals surface area contributed by atoms with Gasteiger partial charge in [0, 0.05) is 26.7 Å². The summed E-state index contributed by atoms with van der Waals surface area (Å²) in [4.78, 5) is 19.0. The van der Waals surface area contributed by atoms with Crippen molar-refractivity contribution in [2.45, 2.75) is 26.1 Å². The molecule has 1 aliphatic rings. The lowest BCUT2D eigenvalue weighted by Gasteiger charge is -2.38. The summed E-state index contributed by atoms with van der Waals surface area (Å²) in [5.41, 5.74) is 0.762. The molecule has 1 aromatic rings. The smallest absolute Gasteiger partial charge is 0.331 e. The van der Waals surface area contributed by atoms with E-state index < -0.39 is 18.6 Å². The highest BCUT2D eigenvalue weighted by Gasteiger charge is 2.32. The average Bonchev–Trinajstić information content (AvgIpc) is 2.40. The van der Waals surface area contributed by atoms with E-state index in [9.17, 15) is 18.0 Å². The Morgan fingerprint density at radius 1 is 1.41 bits per heavy atom. The molecule has 0 aliphatic carbocycles. The molecule has 4 nitrogen and oxygen atoms in total. The molecule has 0 atom stereocenters. The summed E-state index contributed by atoms with van der Waals surface area (Å²) in [5.74, 6) is -0.00282. The minimum Gasteiger partial charge on any atom is -0.331 e. The van der Waals surface area contributed by atoms with E-state index in [0.29, 0.717) is 23.1 Å². The van der Waals surface area contributed by atoms with E-state index in [1.165, 1.54) is 6.07 Å². The first-order valence-corrected chi connectivity index (χ1v) is 7.29. The lowest BCUT2D eigenvalue weighted by atomic mass is 9.97. The second-order valence-corrected chi connectivity index (χ2v) is 5.76. The highest BCUT2D eigenvalue weighted by atomic mass is 19.4. The molecular formula is C15H20F3N3O. The van der Waals surface area contributed by atoms with E-state index in [1.54, 1.807) is 12.1 Å². The van der Waals surface area contributed by atoms with Crippen molar-refractivity contribution < 1.29 is 18.0 Å². The second kappa shape index (κ2) is 6.64. The molecule has 1 fully saturated rings. The molecule has 0 radical (unpaired) electrons. The van der Waals surface area contributed by atoms with Crippen molar-refractivity contribution >= 4 is 5.91 Å². The topological polar surface area (TPSA) is 36.4 Å². The summed E-state index contributed by atoms with van der Waals surface area (Å²) in [6.45, 7) is 3.51. The molecule has 0 bridgehead atoms. The molecule has 2 rings (SSSR count). The number of carbonyl (C=O) groups is 1. The highest BCUT2D eigenvalue weighted by Crippen LogP contribution is 2.21. The molecule has 0 saturated carbocycles. The Morgan fingerprint density at radius 3 is 2.68 bits per heavy atom. The fourth-order valence-corrected chi connectivity index (χ4v) is 2.52. The van der Waals surface area contributed by atoms with E-state index in [-0.39, 0.29) is 5.69 Å². The van der Waals surface area contributed by atoms with Crippen molar-refractivity contribution in [2.75, 3.05) is 26.7 Å². The molecule has 1 amide bonds. The number of rotatable bonds is 5. The molecule has 0 aromatic carbocycles. The van der Waals surface area contributed by atoms with Crippen LogP contribution in [0, 0.1) is 5.92 Å². The maximum Gasteiger partial charge on any atom is 0.406 e. The van der Waals surface area contributed by atoms with Crippen molar-refractivity contribution in [1.82, 2.24) is 14.8 Å². The average molecular weight is 315 g/mol. The van der Waals surface area contributed by atoms with Crippen molar-refractivity contribution in [1.29, 1.82) is 0 Å². The van der Waals surface area contributed by atoms with Crippen LogP contribution in [0.5, 0.6) is 0 Å². The van der Waals surface area contributed by atoms with Crippen molar-refractivity contribution in [3.63, 3.8) is 0 Å². The third kappa shape index (κ3) is 4.43. The monoisotopic (exact) mass is 315 g/mol. The standard InChI is InChI=1S/C15H20F3N3O/c1-3-11-7-21(8-11)9-12-5-4-6-13(19-12)14(22)20(2)10-15(16,17)18/h4-6,11H,3,7-10H2,1-2H3. The number of halogens is 3. The Labute approximate surface area is 127 Å². The number of likely N-dealkylation sites (tertiary alicyclic amines) is 1.